The molecule has 2 N–H and O–H groups in total. The first-order valence-corrected chi connectivity index (χ1v) is 2.82. The Morgan fingerprint density at radius 3 is 1.88 bits per heavy atom. The van der Waals surface area contributed by atoms with Gasteiger partial charge in [0.2, 0.25) is 0 Å². The first-order valence-electron chi connectivity index (χ1n) is 2.82. The molecule has 0 saturated heterocycles. The second-order valence-electron chi connectivity index (χ2n) is 1.15. The maximum absolute atomic E-state index is 5.19. The van der Waals surface area contributed by atoms with Crippen LogP contribution in [0.15, 0.2) is 24.4 Å². The van der Waals surface area contributed by atoms with Crippen LogP contribution in [0.2, 0.25) is 0 Å². The van der Waals surface area contributed by atoms with Gasteiger partial charge in [0.1, 0.15) is 0 Å². The van der Waals surface area contributed by atoms with E-state index in [4.69, 9.17) is 5.73 Å². The molecule has 8 heavy (non-hydrogen) atoms. The van der Waals surface area contributed by atoms with Crippen molar-refractivity contribution in [2.45, 2.75) is 20.8 Å². The standard InChI is InChI=1S/C5H9N.C2H6/c1-3-4-5(2)6;1-2/h3-4H,1,6H2,2H3;1-2H3/b5-4-;. The van der Waals surface area contributed by atoms with E-state index >= 15 is 0 Å². The van der Waals surface area contributed by atoms with Crippen molar-refractivity contribution < 1.29 is 0 Å². The molecule has 0 aliphatic carbocycles. The molecule has 0 amide bonds. The highest BCUT2D eigenvalue weighted by atomic mass is 14.5. The Bertz CT molecular complexity index is 68.5. The van der Waals surface area contributed by atoms with Gasteiger partial charge in [-0.2, -0.15) is 0 Å². The van der Waals surface area contributed by atoms with Gasteiger partial charge in [-0.3, -0.25) is 0 Å². The van der Waals surface area contributed by atoms with E-state index in [0.29, 0.717) is 0 Å². The van der Waals surface area contributed by atoms with Crippen molar-refractivity contribution in [3.8, 4) is 0 Å². The van der Waals surface area contributed by atoms with Crippen molar-refractivity contribution in [1.29, 1.82) is 0 Å². The molecule has 0 heterocycles. The molecule has 0 radical (unpaired) electrons. The molecule has 0 aliphatic heterocycles. The molecule has 0 aliphatic rings. The summed E-state index contributed by atoms with van der Waals surface area (Å²) in [5, 5.41) is 0. The van der Waals surface area contributed by atoms with Gasteiger partial charge in [-0.25, -0.2) is 0 Å². The topological polar surface area (TPSA) is 26.0 Å². The molecule has 0 fully saturated rings. The van der Waals surface area contributed by atoms with Gasteiger partial charge in [-0.05, 0) is 13.0 Å². The molecule has 48 valence electrons. The van der Waals surface area contributed by atoms with Crippen LogP contribution >= 0.6 is 0 Å². The predicted octanol–water partition coefficient (Wildman–Crippen LogP) is 2.06. The van der Waals surface area contributed by atoms with Crippen molar-refractivity contribution in [2.75, 3.05) is 0 Å². The average Bonchev–Trinajstić information content (AvgIpc) is 1.72. The number of hydrogen-bond donors (Lipinski definition) is 1. The molecule has 0 spiro atoms. The van der Waals surface area contributed by atoms with Gasteiger partial charge in [0.05, 0.1) is 0 Å². The van der Waals surface area contributed by atoms with Gasteiger partial charge < -0.3 is 5.73 Å². The first kappa shape index (κ1) is 10.3. The van der Waals surface area contributed by atoms with E-state index in [9.17, 15) is 0 Å². The van der Waals surface area contributed by atoms with E-state index in [2.05, 4.69) is 6.58 Å². The minimum Gasteiger partial charge on any atom is -0.402 e. The number of hydrogen-bond acceptors (Lipinski definition) is 1. The van der Waals surface area contributed by atoms with E-state index in [-0.39, 0.29) is 0 Å². The summed E-state index contributed by atoms with van der Waals surface area (Å²) in [5.74, 6) is 0. The van der Waals surface area contributed by atoms with Crippen LogP contribution in [0, 0.1) is 0 Å². The minimum atomic E-state index is 0.796. The number of allylic oxidation sites excluding steroid dienone is 3. The monoisotopic (exact) mass is 113 g/mol. The maximum atomic E-state index is 5.19. The fraction of sp³-hybridized carbons (Fsp3) is 0.429. The molecule has 1 nitrogen and oxygen atoms in total. The van der Waals surface area contributed by atoms with Crippen LogP contribution in [0.1, 0.15) is 20.8 Å². The molecule has 0 atom stereocenters. The summed E-state index contributed by atoms with van der Waals surface area (Å²) < 4.78 is 0. The van der Waals surface area contributed by atoms with E-state index in [0.717, 1.165) is 5.70 Å². The third-order valence-corrected chi connectivity index (χ3v) is 0.381. The molecule has 1 heteroatoms. The van der Waals surface area contributed by atoms with Crippen molar-refractivity contribution in [2.24, 2.45) is 5.73 Å². The average molecular weight is 113 g/mol. The third kappa shape index (κ3) is 18.6. The second kappa shape index (κ2) is 9.56. The lowest BCUT2D eigenvalue weighted by molar-refractivity contribution is 1.32. The van der Waals surface area contributed by atoms with Gasteiger partial charge in [-0.15, -0.1) is 0 Å². The summed E-state index contributed by atoms with van der Waals surface area (Å²) in [6.07, 6.45) is 3.41. The molecule has 0 bridgehead atoms. The van der Waals surface area contributed by atoms with Crippen molar-refractivity contribution in [1.82, 2.24) is 0 Å². The zero-order valence-corrected chi connectivity index (χ0v) is 5.94. The fourth-order valence-corrected chi connectivity index (χ4v) is 0.186. The molecule has 0 unspecified atom stereocenters. The Morgan fingerprint density at radius 2 is 1.88 bits per heavy atom. The van der Waals surface area contributed by atoms with Gasteiger partial charge in [0.25, 0.3) is 0 Å². The lowest BCUT2D eigenvalue weighted by Gasteiger charge is -1.78. The Balaban J connectivity index is 0. The summed E-state index contributed by atoms with van der Waals surface area (Å²) in [6.45, 7) is 9.27. The highest BCUT2D eigenvalue weighted by molar-refractivity contribution is 5.03. The molecule has 0 aromatic heterocycles. The molecule has 0 aromatic carbocycles. The summed E-state index contributed by atoms with van der Waals surface area (Å²) in [4.78, 5) is 0. The third-order valence-electron chi connectivity index (χ3n) is 0.381. The Kier molecular flexibility index (Phi) is 12.3. The highest BCUT2D eigenvalue weighted by Gasteiger charge is 1.63. The second-order valence-corrected chi connectivity index (χ2v) is 1.15. The summed E-state index contributed by atoms with van der Waals surface area (Å²) in [7, 11) is 0. The van der Waals surface area contributed by atoms with Crippen LogP contribution in [0.4, 0.5) is 0 Å². The summed E-state index contributed by atoms with van der Waals surface area (Å²) in [6, 6.07) is 0. The van der Waals surface area contributed by atoms with Crippen molar-refractivity contribution in [3.05, 3.63) is 24.4 Å². The van der Waals surface area contributed by atoms with E-state index in [1.807, 2.05) is 20.8 Å². The molecule has 0 rings (SSSR count). The van der Waals surface area contributed by atoms with Crippen LogP contribution in [0.25, 0.3) is 0 Å². The SMILES string of the molecule is C=C/C=C(/C)N.CC. The van der Waals surface area contributed by atoms with Crippen molar-refractivity contribution in [3.63, 3.8) is 0 Å². The number of nitrogens with two attached hydrogens (primary N) is 1. The first-order chi connectivity index (χ1) is 3.77. The molecule has 0 aromatic rings. The van der Waals surface area contributed by atoms with E-state index in [1.54, 1.807) is 12.2 Å². The van der Waals surface area contributed by atoms with E-state index in [1.165, 1.54) is 0 Å². The molecular formula is C7H15N. The van der Waals surface area contributed by atoms with Gasteiger partial charge in [0, 0.05) is 5.70 Å². The quantitative estimate of drug-likeness (QED) is 0.517. The van der Waals surface area contributed by atoms with E-state index < -0.39 is 0 Å². The van der Waals surface area contributed by atoms with Crippen LogP contribution in [0.3, 0.4) is 0 Å². The largest absolute Gasteiger partial charge is 0.402 e. The Morgan fingerprint density at radius 1 is 1.50 bits per heavy atom. The number of rotatable bonds is 1. The van der Waals surface area contributed by atoms with Gasteiger partial charge in [0.15, 0.2) is 0 Å². The Labute approximate surface area is 51.9 Å². The zero-order valence-electron chi connectivity index (χ0n) is 5.94. The summed E-state index contributed by atoms with van der Waals surface area (Å²) in [5.41, 5.74) is 5.99. The summed E-state index contributed by atoms with van der Waals surface area (Å²) >= 11 is 0. The Hall–Kier alpha value is -0.720. The highest BCUT2D eigenvalue weighted by Crippen LogP contribution is 1.75. The zero-order chi connectivity index (χ0) is 6.99. The van der Waals surface area contributed by atoms with Crippen molar-refractivity contribution >= 4 is 0 Å². The fourth-order valence-electron chi connectivity index (χ4n) is 0.186. The van der Waals surface area contributed by atoms with Crippen LogP contribution < -0.4 is 5.73 Å². The lowest BCUT2D eigenvalue weighted by Crippen LogP contribution is -1.87. The van der Waals surface area contributed by atoms with Crippen LogP contribution in [0.5, 0.6) is 0 Å². The maximum Gasteiger partial charge on any atom is 0.00486 e. The van der Waals surface area contributed by atoms with Crippen LogP contribution in [-0.4, -0.2) is 0 Å². The normalized spacial score (nSPS) is 9.12. The van der Waals surface area contributed by atoms with Gasteiger partial charge in [-0.1, -0.05) is 26.5 Å². The smallest absolute Gasteiger partial charge is 0.00486 e. The minimum absolute atomic E-state index is 0.796. The molecule has 0 saturated carbocycles. The van der Waals surface area contributed by atoms with Crippen LogP contribution in [-0.2, 0) is 0 Å². The lowest BCUT2D eigenvalue weighted by atomic mass is 10.4. The predicted molar refractivity (Wildman–Crippen MR) is 39.5 cm³/mol. The molecular weight excluding hydrogens is 98.1 g/mol. The van der Waals surface area contributed by atoms with Gasteiger partial charge >= 0.3 is 0 Å².